The fourth-order valence-electron chi connectivity index (χ4n) is 3.21. The zero-order valence-corrected chi connectivity index (χ0v) is 17.1. The van der Waals surface area contributed by atoms with E-state index in [4.69, 9.17) is 4.74 Å². The number of carbonyl (C=O) groups is 2. The highest BCUT2D eigenvalue weighted by molar-refractivity contribution is 7.87. The Kier molecular flexibility index (Phi) is 5.89. The van der Waals surface area contributed by atoms with Crippen molar-refractivity contribution in [1.82, 2.24) is 23.1 Å². The van der Waals surface area contributed by atoms with Crippen molar-refractivity contribution < 1.29 is 22.7 Å². The summed E-state index contributed by atoms with van der Waals surface area (Å²) in [4.78, 5) is 30.8. The molecular formula is C18H23N5O5S. The molecule has 2 amide bonds. The molecule has 1 aliphatic rings. The van der Waals surface area contributed by atoms with Crippen molar-refractivity contribution in [1.29, 1.82) is 0 Å². The van der Waals surface area contributed by atoms with Gasteiger partial charge in [-0.2, -0.15) is 12.7 Å². The number of hydrogen-bond acceptors (Lipinski definition) is 6. The highest BCUT2D eigenvalue weighted by Crippen LogP contribution is 2.26. The molecule has 0 bridgehead atoms. The Morgan fingerprint density at radius 2 is 1.97 bits per heavy atom. The number of aromatic nitrogens is 2. The average molecular weight is 421 g/mol. The third kappa shape index (κ3) is 3.96. The van der Waals surface area contributed by atoms with E-state index in [1.807, 2.05) is 0 Å². The zero-order chi connectivity index (χ0) is 21.2. The number of carbonyl (C=O) groups excluding carboxylic acids is 2. The summed E-state index contributed by atoms with van der Waals surface area (Å²) in [6.45, 7) is 4.14. The second-order valence-corrected chi connectivity index (χ2v) is 8.36. The quantitative estimate of drug-likeness (QED) is 0.605. The van der Waals surface area contributed by atoms with E-state index >= 15 is 0 Å². The molecule has 0 atom stereocenters. The third-order valence-electron chi connectivity index (χ3n) is 4.83. The maximum atomic E-state index is 13.1. The van der Waals surface area contributed by atoms with Crippen LogP contribution in [0.4, 0.5) is 0 Å². The maximum Gasteiger partial charge on any atom is 0.308 e. The minimum Gasteiger partial charge on any atom is -0.481 e. The molecule has 2 aromatic rings. The Bertz CT molecular complexity index is 1040. The Morgan fingerprint density at radius 1 is 1.28 bits per heavy atom. The SMILES string of the molecule is C=CC(=O)N(C)CC(=O)N1CCN(S(=O)(=O)n2ccc3c(OC)nccc32)CC1. The first-order valence-electron chi connectivity index (χ1n) is 8.95. The molecule has 156 valence electrons. The van der Waals surface area contributed by atoms with E-state index in [0.29, 0.717) is 16.8 Å². The second kappa shape index (κ2) is 8.21. The van der Waals surface area contributed by atoms with Crippen LogP contribution in [0.2, 0.25) is 0 Å². The number of fused-ring (bicyclic) bond motifs is 1. The van der Waals surface area contributed by atoms with Gasteiger partial charge in [0.1, 0.15) is 0 Å². The Labute approximate surface area is 169 Å². The van der Waals surface area contributed by atoms with E-state index < -0.39 is 10.2 Å². The number of likely N-dealkylation sites (N-methyl/N-ethyl adjacent to an activating group) is 1. The zero-order valence-electron chi connectivity index (χ0n) is 16.3. The third-order valence-corrected chi connectivity index (χ3v) is 6.66. The van der Waals surface area contributed by atoms with Gasteiger partial charge in [0.25, 0.3) is 0 Å². The molecule has 1 aliphatic heterocycles. The van der Waals surface area contributed by atoms with Crippen molar-refractivity contribution in [2.24, 2.45) is 0 Å². The van der Waals surface area contributed by atoms with Gasteiger partial charge in [-0.15, -0.1) is 0 Å². The molecule has 1 saturated heterocycles. The van der Waals surface area contributed by atoms with Crippen molar-refractivity contribution in [2.75, 3.05) is 46.9 Å². The summed E-state index contributed by atoms with van der Waals surface area (Å²) in [6, 6.07) is 3.26. The Hall–Kier alpha value is -2.92. The Morgan fingerprint density at radius 3 is 2.59 bits per heavy atom. The van der Waals surface area contributed by atoms with Gasteiger partial charge >= 0.3 is 10.2 Å². The van der Waals surface area contributed by atoms with Crippen LogP contribution < -0.4 is 4.74 Å². The van der Waals surface area contributed by atoms with Crippen LogP contribution in [0.25, 0.3) is 10.9 Å². The van der Waals surface area contributed by atoms with Crippen LogP contribution in [0.5, 0.6) is 5.88 Å². The molecule has 0 spiro atoms. The summed E-state index contributed by atoms with van der Waals surface area (Å²) < 4.78 is 33.9. The predicted molar refractivity (Wildman–Crippen MR) is 107 cm³/mol. The molecule has 11 heteroatoms. The second-order valence-electron chi connectivity index (χ2n) is 6.55. The summed E-state index contributed by atoms with van der Waals surface area (Å²) >= 11 is 0. The molecule has 29 heavy (non-hydrogen) atoms. The minimum absolute atomic E-state index is 0.0767. The first kappa shape index (κ1) is 20.8. The van der Waals surface area contributed by atoms with E-state index in [9.17, 15) is 18.0 Å². The van der Waals surface area contributed by atoms with Gasteiger partial charge in [-0.3, -0.25) is 9.59 Å². The van der Waals surface area contributed by atoms with Gasteiger partial charge in [0.05, 0.1) is 24.6 Å². The Balaban J connectivity index is 1.71. The molecule has 0 aromatic carbocycles. The molecular weight excluding hydrogens is 398 g/mol. The molecule has 3 heterocycles. The standard InChI is InChI=1S/C18H23N5O5S/c1-4-16(24)20(2)13-17(25)21-9-11-22(12-10-21)29(26,27)23-8-6-14-15(23)5-7-19-18(14)28-3/h4-8H,1,9-13H2,2-3H3. The van der Waals surface area contributed by atoms with Crippen LogP contribution in [0.3, 0.4) is 0 Å². The van der Waals surface area contributed by atoms with E-state index in [-0.39, 0.29) is 44.5 Å². The predicted octanol–water partition coefficient (Wildman–Crippen LogP) is -0.0736. The number of ether oxygens (including phenoxy) is 1. The van der Waals surface area contributed by atoms with Gasteiger partial charge in [-0.05, 0) is 18.2 Å². The normalized spacial score (nSPS) is 15.3. The van der Waals surface area contributed by atoms with E-state index in [2.05, 4.69) is 11.6 Å². The molecule has 1 fully saturated rings. The molecule has 0 saturated carbocycles. The van der Waals surface area contributed by atoms with E-state index in [1.165, 1.54) is 39.7 Å². The number of piperazine rings is 1. The fourth-order valence-corrected chi connectivity index (χ4v) is 4.70. The van der Waals surface area contributed by atoms with Gasteiger partial charge in [0, 0.05) is 45.6 Å². The number of pyridine rings is 1. The number of methoxy groups -OCH3 is 1. The van der Waals surface area contributed by atoms with Crippen molar-refractivity contribution >= 4 is 32.9 Å². The molecule has 0 unspecified atom stereocenters. The highest BCUT2D eigenvalue weighted by atomic mass is 32.2. The van der Waals surface area contributed by atoms with Crippen LogP contribution in [0, 0.1) is 0 Å². The molecule has 2 aromatic heterocycles. The van der Waals surface area contributed by atoms with Gasteiger partial charge in [-0.1, -0.05) is 6.58 Å². The molecule has 3 rings (SSSR count). The van der Waals surface area contributed by atoms with Crippen LogP contribution in [0.15, 0.2) is 37.2 Å². The first-order valence-corrected chi connectivity index (χ1v) is 10.3. The number of nitrogens with zero attached hydrogens (tertiary/aromatic N) is 5. The van der Waals surface area contributed by atoms with Crippen molar-refractivity contribution in [3.05, 3.63) is 37.2 Å². The first-order chi connectivity index (χ1) is 13.8. The van der Waals surface area contributed by atoms with Gasteiger partial charge in [0.15, 0.2) is 0 Å². The maximum absolute atomic E-state index is 13.1. The van der Waals surface area contributed by atoms with Crippen LogP contribution in [-0.4, -0.2) is 90.2 Å². The summed E-state index contributed by atoms with van der Waals surface area (Å²) in [5.74, 6) is -0.226. The highest BCUT2D eigenvalue weighted by Gasteiger charge is 2.31. The summed E-state index contributed by atoms with van der Waals surface area (Å²) in [7, 11) is -0.816. The van der Waals surface area contributed by atoms with Crippen LogP contribution >= 0.6 is 0 Å². The number of hydrogen-bond donors (Lipinski definition) is 0. The lowest BCUT2D eigenvalue weighted by Crippen LogP contribution is -2.53. The van der Waals surface area contributed by atoms with Crippen LogP contribution in [-0.2, 0) is 19.8 Å². The topological polar surface area (TPSA) is 105 Å². The molecule has 0 N–H and O–H groups in total. The lowest BCUT2D eigenvalue weighted by molar-refractivity contribution is -0.138. The van der Waals surface area contributed by atoms with Gasteiger partial charge < -0.3 is 14.5 Å². The largest absolute Gasteiger partial charge is 0.481 e. The summed E-state index contributed by atoms with van der Waals surface area (Å²) in [5, 5.41) is 0.599. The van der Waals surface area contributed by atoms with Crippen LogP contribution in [0.1, 0.15) is 0 Å². The van der Waals surface area contributed by atoms with E-state index in [1.54, 1.807) is 17.0 Å². The number of rotatable bonds is 6. The monoisotopic (exact) mass is 421 g/mol. The average Bonchev–Trinajstić information content (AvgIpc) is 3.18. The lowest BCUT2D eigenvalue weighted by Gasteiger charge is -2.34. The summed E-state index contributed by atoms with van der Waals surface area (Å²) in [6.07, 6.45) is 4.10. The van der Waals surface area contributed by atoms with E-state index in [0.717, 1.165) is 6.08 Å². The van der Waals surface area contributed by atoms with Crippen molar-refractivity contribution in [3.8, 4) is 5.88 Å². The minimum atomic E-state index is -3.81. The summed E-state index contributed by atoms with van der Waals surface area (Å²) in [5.41, 5.74) is 0.472. The van der Waals surface area contributed by atoms with Gasteiger partial charge in [0.2, 0.25) is 17.7 Å². The number of amides is 2. The van der Waals surface area contributed by atoms with Crippen molar-refractivity contribution in [3.63, 3.8) is 0 Å². The molecule has 0 radical (unpaired) electrons. The lowest BCUT2D eigenvalue weighted by atomic mass is 10.3. The fraction of sp³-hybridized carbons (Fsp3) is 0.389. The van der Waals surface area contributed by atoms with Crippen molar-refractivity contribution in [2.45, 2.75) is 0 Å². The smallest absolute Gasteiger partial charge is 0.308 e. The van der Waals surface area contributed by atoms with Gasteiger partial charge in [-0.25, -0.2) is 8.96 Å². The molecule has 10 nitrogen and oxygen atoms in total. The molecule has 0 aliphatic carbocycles.